The summed E-state index contributed by atoms with van der Waals surface area (Å²) in [6.07, 6.45) is 20.3. The predicted molar refractivity (Wildman–Crippen MR) is 211 cm³/mol. The van der Waals surface area contributed by atoms with Gasteiger partial charge in [-0.25, -0.2) is 5.06 Å². The van der Waals surface area contributed by atoms with Crippen molar-refractivity contribution in [2.75, 3.05) is 44.0 Å². The van der Waals surface area contributed by atoms with Gasteiger partial charge in [0.15, 0.2) is 6.29 Å². The van der Waals surface area contributed by atoms with E-state index in [2.05, 4.69) is 155 Å². The standard InChI is InChI=1S/C42H56N4O2S/c1-9-13-16-35(12-4)44(7)37-25-19-33(20-26-37)40-39(31-47)42(49-48-46(40)30-15-11-3)41(43(6)29-14-10-2)34-21-27-38(28-22-34)45(8)36-23-17-32(5)18-24-36/h12-13,16-21,23-28,31,34H,9-11,14-15,22,29-30H2,1-8H3/b16-13-,35-12+,42-41+. The first-order valence-electron chi connectivity index (χ1n) is 17.9. The Hall–Kier alpha value is -3.94. The fourth-order valence-electron chi connectivity index (χ4n) is 6.20. The van der Waals surface area contributed by atoms with E-state index in [1.807, 2.05) is 5.06 Å². The molecule has 0 aromatic heterocycles. The third kappa shape index (κ3) is 9.40. The zero-order chi connectivity index (χ0) is 35.3. The Balaban J connectivity index is 1.77. The van der Waals surface area contributed by atoms with E-state index in [-0.39, 0.29) is 5.92 Å². The van der Waals surface area contributed by atoms with Gasteiger partial charge in [0.1, 0.15) is 0 Å². The molecular weight excluding hydrogens is 625 g/mol. The molecule has 4 rings (SSSR count). The number of allylic oxidation sites excluding steroid dienone is 7. The topological polar surface area (TPSA) is 39.3 Å². The Morgan fingerprint density at radius 2 is 1.67 bits per heavy atom. The SMILES string of the molecule is C/C=C(\C=C/CC)N(C)c1ccc(C2=C(C=O)/C(=C(/C3C=CC(N(C)c4ccc(C)cc4)=CC3)N(C)CCCC)SON2CCCC)cc1. The molecule has 0 bridgehead atoms. The van der Waals surface area contributed by atoms with Gasteiger partial charge in [-0.1, -0.05) is 87.7 Å². The van der Waals surface area contributed by atoms with Crippen molar-refractivity contribution in [3.63, 3.8) is 0 Å². The van der Waals surface area contributed by atoms with Crippen LogP contribution in [0.2, 0.25) is 0 Å². The number of aldehydes is 1. The minimum atomic E-state index is 0.105. The first-order chi connectivity index (χ1) is 23.8. The predicted octanol–water partition coefficient (Wildman–Crippen LogP) is 10.4. The van der Waals surface area contributed by atoms with Gasteiger partial charge in [-0.2, -0.15) is 4.28 Å². The Bertz CT molecular complexity index is 1580. The Labute approximate surface area is 300 Å². The molecule has 6 nitrogen and oxygen atoms in total. The van der Waals surface area contributed by atoms with Gasteiger partial charge in [0.2, 0.25) is 0 Å². The fourth-order valence-corrected chi connectivity index (χ4v) is 7.14. The van der Waals surface area contributed by atoms with E-state index in [4.69, 9.17) is 4.28 Å². The highest BCUT2D eigenvalue weighted by Crippen LogP contribution is 2.45. The number of likely N-dealkylation sites (N-methyl/N-ethyl adjacent to an activating group) is 2. The van der Waals surface area contributed by atoms with Crippen molar-refractivity contribution >= 4 is 35.4 Å². The minimum Gasteiger partial charge on any atom is -0.376 e. The molecule has 0 spiro atoms. The lowest BCUT2D eigenvalue weighted by molar-refractivity contribution is -0.104. The third-order valence-corrected chi connectivity index (χ3v) is 10.1. The molecule has 0 amide bonds. The zero-order valence-corrected chi connectivity index (χ0v) is 31.7. The van der Waals surface area contributed by atoms with Crippen LogP contribution < -0.4 is 9.80 Å². The van der Waals surface area contributed by atoms with Crippen molar-refractivity contribution in [1.82, 2.24) is 9.96 Å². The van der Waals surface area contributed by atoms with Gasteiger partial charge in [0.05, 0.1) is 28.2 Å². The molecule has 2 aromatic rings. The number of carbonyl (C=O) groups excluding carboxylic acids is 1. The van der Waals surface area contributed by atoms with E-state index in [0.717, 1.165) is 90.3 Å². The molecule has 0 saturated carbocycles. The van der Waals surface area contributed by atoms with Crippen molar-refractivity contribution in [3.8, 4) is 0 Å². The maximum atomic E-state index is 13.3. The van der Waals surface area contributed by atoms with Gasteiger partial charge in [-0.3, -0.25) is 4.79 Å². The fraction of sp³-hybridized carbons (Fsp3) is 0.405. The van der Waals surface area contributed by atoms with Crippen LogP contribution in [0.5, 0.6) is 0 Å². The normalized spacial score (nSPS) is 17.8. The summed E-state index contributed by atoms with van der Waals surface area (Å²) in [5, 5.41) is 1.93. The molecule has 1 aliphatic carbocycles. The molecule has 49 heavy (non-hydrogen) atoms. The highest BCUT2D eigenvalue weighted by molar-refractivity contribution is 7.99. The van der Waals surface area contributed by atoms with Crippen LogP contribution in [0, 0.1) is 12.8 Å². The number of hydroxylamine groups is 2. The highest BCUT2D eigenvalue weighted by Gasteiger charge is 2.33. The molecule has 0 radical (unpaired) electrons. The van der Waals surface area contributed by atoms with Crippen molar-refractivity contribution in [2.45, 2.75) is 73.1 Å². The van der Waals surface area contributed by atoms with E-state index in [1.165, 1.54) is 23.3 Å². The Morgan fingerprint density at radius 3 is 2.27 bits per heavy atom. The number of nitrogens with zero attached hydrogens (tertiary/aromatic N) is 4. The average molecular weight is 681 g/mol. The van der Waals surface area contributed by atoms with Crippen molar-refractivity contribution in [3.05, 3.63) is 124 Å². The lowest BCUT2D eigenvalue weighted by Gasteiger charge is -2.36. The summed E-state index contributed by atoms with van der Waals surface area (Å²) in [5.41, 5.74) is 9.42. The van der Waals surface area contributed by atoms with Gasteiger partial charge >= 0.3 is 0 Å². The molecule has 0 saturated heterocycles. The van der Waals surface area contributed by atoms with E-state index in [9.17, 15) is 4.79 Å². The molecule has 2 aromatic carbocycles. The quantitative estimate of drug-likeness (QED) is 0.0993. The largest absolute Gasteiger partial charge is 0.376 e. The van der Waals surface area contributed by atoms with Gasteiger partial charge < -0.3 is 14.7 Å². The zero-order valence-electron chi connectivity index (χ0n) is 30.9. The van der Waals surface area contributed by atoms with Gasteiger partial charge in [-0.05, 0) is 75.9 Å². The highest BCUT2D eigenvalue weighted by atomic mass is 32.2. The third-order valence-electron chi connectivity index (χ3n) is 9.26. The Kier molecular flexibility index (Phi) is 14.5. The van der Waals surface area contributed by atoms with Gasteiger partial charge in [-0.15, -0.1) is 0 Å². The molecule has 1 atom stereocenters. The van der Waals surface area contributed by atoms with Crippen LogP contribution in [0.25, 0.3) is 5.70 Å². The lowest BCUT2D eigenvalue weighted by atomic mass is 9.92. The molecule has 2 aliphatic rings. The lowest BCUT2D eigenvalue weighted by Crippen LogP contribution is -2.31. The number of rotatable bonds is 16. The summed E-state index contributed by atoms with van der Waals surface area (Å²) < 4.78 is 6.49. The number of hydrogen-bond donors (Lipinski definition) is 0. The molecule has 1 heterocycles. The second-order valence-electron chi connectivity index (χ2n) is 12.8. The number of anilines is 2. The number of carbonyl (C=O) groups is 1. The van der Waals surface area contributed by atoms with Crippen LogP contribution >= 0.6 is 12.0 Å². The Morgan fingerprint density at radius 1 is 0.980 bits per heavy atom. The van der Waals surface area contributed by atoms with Crippen LogP contribution in [0.15, 0.2) is 113 Å². The van der Waals surface area contributed by atoms with Crippen LogP contribution in [0.3, 0.4) is 0 Å². The molecule has 1 unspecified atom stereocenters. The van der Waals surface area contributed by atoms with Crippen molar-refractivity contribution < 1.29 is 9.08 Å². The minimum absolute atomic E-state index is 0.105. The molecule has 0 N–H and O–H groups in total. The smallest absolute Gasteiger partial charge is 0.153 e. The average Bonchev–Trinajstić information content (AvgIpc) is 3.13. The number of aryl methyl sites for hydroxylation is 1. The van der Waals surface area contributed by atoms with E-state index in [1.54, 1.807) is 0 Å². The van der Waals surface area contributed by atoms with E-state index < -0.39 is 0 Å². The number of hydrogen-bond acceptors (Lipinski definition) is 7. The summed E-state index contributed by atoms with van der Waals surface area (Å²) in [6.45, 7) is 12.3. The molecule has 262 valence electrons. The van der Waals surface area contributed by atoms with Crippen LogP contribution in [-0.2, 0) is 9.08 Å². The summed E-state index contributed by atoms with van der Waals surface area (Å²) in [4.78, 5) is 20.9. The summed E-state index contributed by atoms with van der Waals surface area (Å²) in [6, 6.07) is 17.1. The van der Waals surface area contributed by atoms with Gasteiger partial charge in [0.25, 0.3) is 0 Å². The molecular formula is C42H56N4O2S. The molecule has 0 fully saturated rings. The number of unbranched alkanes of at least 4 members (excludes halogenated alkanes) is 2. The summed E-state index contributed by atoms with van der Waals surface area (Å²) in [7, 11) is 6.36. The summed E-state index contributed by atoms with van der Waals surface area (Å²) >= 11 is 1.33. The second kappa shape index (κ2) is 18.7. The monoisotopic (exact) mass is 680 g/mol. The number of benzene rings is 2. The first-order valence-corrected chi connectivity index (χ1v) is 18.6. The summed E-state index contributed by atoms with van der Waals surface area (Å²) in [5.74, 6) is 0.105. The molecule has 7 heteroatoms. The van der Waals surface area contributed by atoms with Gasteiger partial charge in [0, 0.05) is 74.2 Å². The van der Waals surface area contributed by atoms with E-state index in [0.29, 0.717) is 12.1 Å². The molecule has 1 aliphatic heterocycles. The van der Waals surface area contributed by atoms with Crippen LogP contribution in [0.1, 0.15) is 77.3 Å². The maximum absolute atomic E-state index is 13.3. The second-order valence-corrected chi connectivity index (χ2v) is 13.6. The van der Waals surface area contributed by atoms with Crippen LogP contribution in [0.4, 0.5) is 11.4 Å². The van der Waals surface area contributed by atoms with Crippen molar-refractivity contribution in [2.24, 2.45) is 5.92 Å². The van der Waals surface area contributed by atoms with E-state index >= 15 is 0 Å². The van der Waals surface area contributed by atoms with Crippen molar-refractivity contribution in [1.29, 1.82) is 0 Å². The maximum Gasteiger partial charge on any atom is 0.153 e. The van der Waals surface area contributed by atoms with Crippen LogP contribution in [-0.4, -0.2) is 50.5 Å². The first kappa shape index (κ1) is 37.9.